The lowest BCUT2D eigenvalue weighted by Crippen LogP contribution is -2.27. The Balaban J connectivity index is 1.92. The number of hydrogen-bond donors (Lipinski definition) is 0. The summed E-state index contributed by atoms with van der Waals surface area (Å²) in [7, 11) is 0. The topological polar surface area (TPSA) is 74.3 Å². The number of benzene rings is 1. The van der Waals surface area contributed by atoms with Gasteiger partial charge in [-0.1, -0.05) is 35.5 Å². The van der Waals surface area contributed by atoms with E-state index in [2.05, 4.69) is 46.6 Å². The monoisotopic (exact) mass is 297 g/mol. The summed E-state index contributed by atoms with van der Waals surface area (Å²) in [6.07, 6.45) is 0. The van der Waals surface area contributed by atoms with Gasteiger partial charge in [-0.3, -0.25) is 0 Å². The number of hydrogen-bond acceptors (Lipinski definition) is 5. The molecule has 0 bridgehead atoms. The minimum Gasteiger partial charge on any atom is -0.241 e. The van der Waals surface area contributed by atoms with Crippen molar-refractivity contribution in [2.24, 2.45) is 0 Å². The van der Waals surface area contributed by atoms with E-state index in [1.165, 1.54) is 0 Å². The van der Waals surface area contributed by atoms with Gasteiger partial charge in [0.25, 0.3) is 0 Å². The fourth-order valence-electron chi connectivity index (χ4n) is 2.33. The zero-order valence-electron chi connectivity index (χ0n) is 13.2. The van der Waals surface area contributed by atoms with E-state index >= 15 is 0 Å². The lowest BCUT2D eigenvalue weighted by atomic mass is 10.1. The van der Waals surface area contributed by atoms with Gasteiger partial charge in [-0.05, 0) is 38.1 Å². The van der Waals surface area contributed by atoms with Crippen molar-refractivity contribution in [2.75, 3.05) is 0 Å². The first-order chi connectivity index (χ1) is 10.5. The molecule has 0 amide bonds. The number of rotatable bonds is 3. The van der Waals surface area contributed by atoms with E-state index in [0.717, 1.165) is 22.8 Å². The lowest BCUT2D eigenvalue weighted by molar-refractivity contribution is 0.330. The van der Waals surface area contributed by atoms with Gasteiger partial charge in [-0.15, -0.1) is 10.2 Å². The van der Waals surface area contributed by atoms with Crippen LogP contribution in [0.3, 0.4) is 0 Å². The number of aromatic nitrogens is 7. The van der Waals surface area contributed by atoms with Crippen molar-refractivity contribution in [3.63, 3.8) is 0 Å². The summed E-state index contributed by atoms with van der Waals surface area (Å²) in [5.41, 5.74) is 2.77. The Kier molecular flexibility index (Phi) is 3.48. The minimum atomic E-state index is -0.171. The van der Waals surface area contributed by atoms with Crippen molar-refractivity contribution in [1.29, 1.82) is 0 Å². The van der Waals surface area contributed by atoms with Gasteiger partial charge in [0.1, 0.15) is 12.2 Å². The quantitative estimate of drug-likeness (QED) is 0.739. The predicted octanol–water partition coefficient (Wildman–Crippen LogP) is 2.04. The summed E-state index contributed by atoms with van der Waals surface area (Å²) < 4.78 is 3.65. The average molecular weight is 297 g/mol. The molecular formula is C15H19N7. The molecule has 2 heterocycles. The molecule has 0 aliphatic heterocycles. The van der Waals surface area contributed by atoms with E-state index in [1.807, 2.05) is 46.6 Å². The summed E-state index contributed by atoms with van der Waals surface area (Å²) in [5.74, 6) is 0.764. The zero-order valence-corrected chi connectivity index (χ0v) is 13.2. The third kappa shape index (κ3) is 2.61. The van der Waals surface area contributed by atoms with E-state index in [9.17, 15) is 0 Å². The minimum absolute atomic E-state index is 0.171. The van der Waals surface area contributed by atoms with Crippen molar-refractivity contribution in [2.45, 2.75) is 39.8 Å². The summed E-state index contributed by atoms with van der Waals surface area (Å²) in [5, 5.41) is 20.5. The van der Waals surface area contributed by atoms with Crippen LogP contribution in [0.25, 0.3) is 11.3 Å². The number of nitrogens with zero attached hydrogens (tertiary/aromatic N) is 7. The van der Waals surface area contributed by atoms with Crippen molar-refractivity contribution in [3.8, 4) is 11.3 Å². The fourth-order valence-corrected chi connectivity index (χ4v) is 2.33. The summed E-state index contributed by atoms with van der Waals surface area (Å²) in [6.45, 7) is 8.70. The molecule has 1 aromatic carbocycles. The third-order valence-corrected chi connectivity index (χ3v) is 3.49. The molecule has 0 aliphatic carbocycles. The van der Waals surface area contributed by atoms with Crippen LogP contribution in [0.15, 0.2) is 30.3 Å². The Morgan fingerprint density at radius 1 is 1.00 bits per heavy atom. The molecule has 0 aliphatic rings. The Bertz CT molecular complexity index is 765. The highest BCUT2D eigenvalue weighted by Crippen LogP contribution is 2.21. The predicted molar refractivity (Wildman–Crippen MR) is 82.1 cm³/mol. The Morgan fingerprint density at radius 2 is 1.73 bits per heavy atom. The largest absolute Gasteiger partial charge is 0.241 e. The normalized spacial score (nSPS) is 11.8. The molecule has 0 unspecified atom stereocenters. The molecule has 0 saturated heterocycles. The molecule has 114 valence electrons. The maximum absolute atomic E-state index is 4.29. The molecule has 3 rings (SSSR count). The summed E-state index contributed by atoms with van der Waals surface area (Å²) in [6, 6.07) is 10.0. The molecule has 0 fully saturated rings. The molecule has 7 heteroatoms. The second kappa shape index (κ2) is 5.32. The van der Waals surface area contributed by atoms with Gasteiger partial charge in [-0.25, -0.2) is 9.36 Å². The van der Waals surface area contributed by atoms with Crippen LogP contribution in [0.5, 0.6) is 0 Å². The molecule has 7 nitrogen and oxygen atoms in total. The second-order valence-corrected chi connectivity index (χ2v) is 6.22. The zero-order chi connectivity index (χ0) is 15.7. The van der Waals surface area contributed by atoms with Crippen molar-refractivity contribution in [1.82, 2.24) is 35.2 Å². The highest BCUT2D eigenvalue weighted by molar-refractivity contribution is 5.60. The van der Waals surface area contributed by atoms with Crippen molar-refractivity contribution in [3.05, 3.63) is 41.9 Å². The smallest absolute Gasteiger partial charge is 0.173 e. The van der Waals surface area contributed by atoms with E-state index in [0.29, 0.717) is 6.54 Å². The molecule has 0 N–H and O–H groups in total. The standard InChI is InChI=1S/C15H19N7/c1-11-14(12-8-6-5-7-9-12)17-19-21(11)10-13-16-18-20-22(13)15(2,3)4/h5-9H,10H2,1-4H3. The summed E-state index contributed by atoms with van der Waals surface area (Å²) >= 11 is 0. The van der Waals surface area contributed by atoms with Crippen LogP contribution < -0.4 is 0 Å². The molecule has 0 saturated carbocycles. The Labute approximate surface area is 129 Å². The lowest BCUT2D eigenvalue weighted by Gasteiger charge is -2.19. The molecule has 2 aromatic heterocycles. The van der Waals surface area contributed by atoms with Gasteiger partial charge in [0.2, 0.25) is 0 Å². The van der Waals surface area contributed by atoms with E-state index in [-0.39, 0.29) is 5.54 Å². The highest BCUT2D eigenvalue weighted by atomic mass is 15.6. The molecule has 3 aromatic rings. The van der Waals surface area contributed by atoms with Gasteiger partial charge in [0.15, 0.2) is 5.82 Å². The maximum Gasteiger partial charge on any atom is 0.173 e. The Hall–Kier alpha value is -2.57. The molecule has 22 heavy (non-hydrogen) atoms. The van der Waals surface area contributed by atoms with Gasteiger partial charge in [0, 0.05) is 5.56 Å². The maximum atomic E-state index is 4.29. The SMILES string of the molecule is Cc1c(-c2ccccc2)nnn1Cc1nnnn1C(C)(C)C. The first kappa shape index (κ1) is 14.4. The average Bonchev–Trinajstić information content (AvgIpc) is 3.08. The van der Waals surface area contributed by atoms with Crippen LogP contribution in [-0.4, -0.2) is 35.2 Å². The van der Waals surface area contributed by atoms with Gasteiger partial charge in [-0.2, -0.15) is 0 Å². The van der Waals surface area contributed by atoms with Gasteiger partial charge >= 0.3 is 0 Å². The molecule has 0 radical (unpaired) electrons. The van der Waals surface area contributed by atoms with E-state index < -0.39 is 0 Å². The number of tetrazole rings is 1. The van der Waals surface area contributed by atoms with E-state index in [1.54, 1.807) is 0 Å². The van der Waals surface area contributed by atoms with Gasteiger partial charge in [0.05, 0.1) is 11.2 Å². The molecular weight excluding hydrogens is 278 g/mol. The first-order valence-corrected chi connectivity index (χ1v) is 7.20. The van der Waals surface area contributed by atoms with Crippen molar-refractivity contribution >= 4 is 0 Å². The van der Waals surface area contributed by atoms with Crippen molar-refractivity contribution < 1.29 is 0 Å². The second-order valence-electron chi connectivity index (χ2n) is 6.22. The van der Waals surface area contributed by atoms with Crippen LogP contribution in [0.4, 0.5) is 0 Å². The van der Waals surface area contributed by atoms with Crippen LogP contribution in [0.1, 0.15) is 32.3 Å². The van der Waals surface area contributed by atoms with Crippen LogP contribution in [-0.2, 0) is 12.1 Å². The van der Waals surface area contributed by atoms with Gasteiger partial charge < -0.3 is 0 Å². The fraction of sp³-hybridized carbons (Fsp3) is 0.400. The van der Waals surface area contributed by atoms with Crippen LogP contribution >= 0.6 is 0 Å². The van der Waals surface area contributed by atoms with Crippen LogP contribution in [0, 0.1) is 6.92 Å². The Morgan fingerprint density at radius 3 is 2.41 bits per heavy atom. The summed E-state index contributed by atoms with van der Waals surface area (Å²) in [4.78, 5) is 0. The molecule has 0 spiro atoms. The third-order valence-electron chi connectivity index (χ3n) is 3.49. The highest BCUT2D eigenvalue weighted by Gasteiger charge is 2.21. The van der Waals surface area contributed by atoms with Crippen LogP contribution in [0.2, 0.25) is 0 Å². The first-order valence-electron chi connectivity index (χ1n) is 7.20. The molecule has 0 atom stereocenters. The van der Waals surface area contributed by atoms with E-state index in [4.69, 9.17) is 0 Å².